The standard InChI is InChI=1S/C11H17N2O2P/c12-9(6-3-1-2-4-6)10(16)7-5-8(14)13-11(7)15/h6-7,9,16H,1-5,12H2,(H,13,14,15). The number of amides is 2. The van der Waals surface area contributed by atoms with Gasteiger partial charge in [0.25, 0.3) is 0 Å². The van der Waals surface area contributed by atoms with E-state index < -0.39 is 0 Å². The average molecular weight is 240 g/mol. The lowest BCUT2D eigenvalue weighted by atomic mass is 9.89. The minimum Gasteiger partial charge on any atom is -0.324 e. The fourth-order valence-corrected chi connectivity index (χ4v) is 3.08. The minimum absolute atomic E-state index is 0.110. The summed E-state index contributed by atoms with van der Waals surface area (Å²) >= 11 is 0. The molecule has 0 aromatic rings. The van der Waals surface area contributed by atoms with Crippen LogP contribution in [0.1, 0.15) is 32.1 Å². The van der Waals surface area contributed by atoms with Crippen LogP contribution < -0.4 is 11.1 Å². The van der Waals surface area contributed by atoms with Gasteiger partial charge in [0.05, 0.1) is 5.92 Å². The lowest BCUT2D eigenvalue weighted by Gasteiger charge is -2.23. The van der Waals surface area contributed by atoms with Crippen molar-refractivity contribution in [2.45, 2.75) is 38.1 Å². The quantitative estimate of drug-likeness (QED) is 0.556. The molecule has 3 N–H and O–H groups in total. The Labute approximate surface area is 97.2 Å². The zero-order valence-corrected chi connectivity index (χ0v) is 10.2. The summed E-state index contributed by atoms with van der Waals surface area (Å²) in [6, 6.07) is -0.110. The molecule has 1 saturated carbocycles. The molecule has 1 aliphatic carbocycles. The Morgan fingerprint density at radius 2 is 2.00 bits per heavy atom. The number of rotatable bonds is 3. The van der Waals surface area contributed by atoms with Crippen LogP contribution in [0.5, 0.6) is 0 Å². The summed E-state index contributed by atoms with van der Waals surface area (Å²) in [4.78, 5) is 22.6. The van der Waals surface area contributed by atoms with Crippen molar-refractivity contribution in [2.75, 3.05) is 0 Å². The molecule has 2 aliphatic rings. The number of carbonyl (C=O) groups excluding carboxylic acids is 2. The summed E-state index contributed by atoms with van der Waals surface area (Å²) in [5.74, 6) is -0.344. The summed E-state index contributed by atoms with van der Waals surface area (Å²) in [6.07, 6.45) is 4.91. The molecule has 2 rings (SSSR count). The van der Waals surface area contributed by atoms with Gasteiger partial charge in [-0.2, -0.15) is 0 Å². The zero-order valence-electron chi connectivity index (χ0n) is 9.16. The van der Waals surface area contributed by atoms with Gasteiger partial charge >= 0.3 is 0 Å². The van der Waals surface area contributed by atoms with Gasteiger partial charge in [-0.15, -0.1) is 8.86 Å². The molecular weight excluding hydrogens is 223 g/mol. The highest BCUT2D eigenvalue weighted by atomic mass is 31.0. The molecule has 5 heteroatoms. The van der Waals surface area contributed by atoms with Crippen LogP contribution in [0.15, 0.2) is 0 Å². The lowest BCUT2D eigenvalue weighted by Crippen LogP contribution is -2.41. The molecule has 0 radical (unpaired) electrons. The third kappa shape index (κ3) is 2.18. The van der Waals surface area contributed by atoms with E-state index in [1.165, 1.54) is 12.8 Å². The van der Waals surface area contributed by atoms with E-state index in [4.69, 9.17) is 5.73 Å². The monoisotopic (exact) mass is 240 g/mol. The molecule has 16 heavy (non-hydrogen) atoms. The number of carbonyl (C=O) groups is 2. The second-order valence-corrected chi connectivity index (χ2v) is 5.27. The second kappa shape index (κ2) is 4.64. The summed E-state index contributed by atoms with van der Waals surface area (Å²) in [5, 5.41) is 3.10. The largest absolute Gasteiger partial charge is 0.324 e. The van der Waals surface area contributed by atoms with Crippen LogP contribution in [0.4, 0.5) is 0 Å². The average Bonchev–Trinajstić information content (AvgIpc) is 2.85. The number of hydrogen-bond acceptors (Lipinski definition) is 3. The van der Waals surface area contributed by atoms with Crippen LogP contribution in [-0.2, 0) is 9.59 Å². The molecule has 1 heterocycles. The van der Waals surface area contributed by atoms with Crippen LogP contribution >= 0.6 is 8.86 Å². The fraction of sp³-hybridized carbons (Fsp3) is 0.727. The van der Waals surface area contributed by atoms with Crippen molar-refractivity contribution >= 4 is 26.0 Å². The van der Waals surface area contributed by atoms with Gasteiger partial charge in [0.2, 0.25) is 11.8 Å². The van der Waals surface area contributed by atoms with E-state index in [1.54, 1.807) is 0 Å². The molecule has 1 saturated heterocycles. The van der Waals surface area contributed by atoms with Crippen molar-refractivity contribution in [2.24, 2.45) is 17.6 Å². The normalized spacial score (nSPS) is 28.2. The predicted octanol–water partition coefficient (Wildman–Crippen LogP) is 0.482. The molecular formula is C11H17N2O2P. The van der Waals surface area contributed by atoms with Gasteiger partial charge in [0, 0.05) is 12.5 Å². The highest BCUT2D eigenvalue weighted by molar-refractivity contribution is 7.21. The van der Waals surface area contributed by atoms with Crippen LogP contribution in [0.25, 0.3) is 0 Å². The summed E-state index contributed by atoms with van der Waals surface area (Å²) in [7, 11) is 3.48. The number of hydrogen-bond donors (Lipinski definition) is 2. The Kier molecular flexibility index (Phi) is 3.41. The van der Waals surface area contributed by atoms with E-state index in [-0.39, 0.29) is 30.2 Å². The molecule has 0 aromatic carbocycles. The molecule has 0 bridgehead atoms. The van der Waals surface area contributed by atoms with E-state index in [0.717, 1.165) is 18.1 Å². The smallest absolute Gasteiger partial charge is 0.234 e. The number of nitrogens with one attached hydrogen (secondary N) is 1. The van der Waals surface area contributed by atoms with Crippen LogP contribution in [0.3, 0.4) is 0 Å². The maximum absolute atomic E-state index is 11.5. The molecule has 2 atom stereocenters. The summed E-state index contributed by atoms with van der Waals surface area (Å²) in [6.45, 7) is 0. The highest BCUT2D eigenvalue weighted by Gasteiger charge is 2.37. The Hall–Kier alpha value is -0.730. The summed E-state index contributed by atoms with van der Waals surface area (Å²) < 4.78 is 0. The Morgan fingerprint density at radius 1 is 1.38 bits per heavy atom. The lowest BCUT2D eigenvalue weighted by molar-refractivity contribution is -0.125. The minimum atomic E-state index is -0.375. The molecule has 88 valence electrons. The van der Waals surface area contributed by atoms with E-state index in [0.29, 0.717) is 5.92 Å². The third-order valence-electron chi connectivity index (χ3n) is 3.61. The van der Waals surface area contributed by atoms with E-state index in [2.05, 4.69) is 14.2 Å². The zero-order chi connectivity index (χ0) is 11.7. The Balaban J connectivity index is 2.01. The molecule has 4 nitrogen and oxygen atoms in total. The van der Waals surface area contributed by atoms with Gasteiger partial charge in [0.15, 0.2) is 0 Å². The van der Waals surface area contributed by atoms with E-state index in [1.807, 2.05) is 0 Å². The summed E-state index contributed by atoms with van der Waals surface area (Å²) in [5.41, 5.74) is 6.13. The topological polar surface area (TPSA) is 72.2 Å². The van der Waals surface area contributed by atoms with Crippen molar-refractivity contribution in [3.63, 3.8) is 0 Å². The van der Waals surface area contributed by atoms with Gasteiger partial charge < -0.3 is 5.73 Å². The first-order valence-electron chi connectivity index (χ1n) is 5.77. The molecule has 2 unspecified atom stereocenters. The van der Waals surface area contributed by atoms with Crippen molar-refractivity contribution in [3.8, 4) is 0 Å². The van der Waals surface area contributed by atoms with Gasteiger partial charge in [-0.1, -0.05) is 12.8 Å². The van der Waals surface area contributed by atoms with Gasteiger partial charge in [-0.25, -0.2) is 0 Å². The van der Waals surface area contributed by atoms with Crippen molar-refractivity contribution in [3.05, 3.63) is 0 Å². The highest BCUT2D eigenvalue weighted by Crippen LogP contribution is 2.30. The van der Waals surface area contributed by atoms with Gasteiger partial charge in [-0.05, 0) is 24.1 Å². The molecule has 2 amide bonds. The molecule has 1 aliphatic heterocycles. The van der Waals surface area contributed by atoms with Gasteiger partial charge in [0.1, 0.15) is 0 Å². The van der Waals surface area contributed by atoms with Crippen LogP contribution in [0, 0.1) is 11.8 Å². The van der Waals surface area contributed by atoms with Crippen molar-refractivity contribution in [1.82, 2.24) is 5.32 Å². The van der Waals surface area contributed by atoms with Gasteiger partial charge in [-0.3, -0.25) is 14.9 Å². The number of imide groups is 1. The SMILES string of the molecule is NC(C(=P)C1CC(=O)NC1=O)C1CCCC1. The first-order chi connectivity index (χ1) is 7.59. The molecule has 0 spiro atoms. The first kappa shape index (κ1) is 11.7. The second-order valence-electron chi connectivity index (χ2n) is 4.69. The maximum atomic E-state index is 11.5. The van der Waals surface area contributed by atoms with Crippen molar-refractivity contribution in [1.29, 1.82) is 0 Å². The number of nitrogens with two attached hydrogens (primary N) is 1. The van der Waals surface area contributed by atoms with Crippen LogP contribution in [0.2, 0.25) is 0 Å². The van der Waals surface area contributed by atoms with E-state index in [9.17, 15) is 9.59 Å². The maximum Gasteiger partial charge on any atom is 0.234 e. The molecule has 0 aromatic heterocycles. The van der Waals surface area contributed by atoms with Crippen LogP contribution in [-0.4, -0.2) is 23.1 Å². The fourth-order valence-electron chi connectivity index (χ4n) is 2.61. The molecule has 2 fully saturated rings. The predicted molar refractivity (Wildman–Crippen MR) is 64.5 cm³/mol. The third-order valence-corrected chi connectivity index (χ3v) is 4.29. The Morgan fingerprint density at radius 3 is 2.50 bits per heavy atom. The van der Waals surface area contributed by atoms with Crippen molar-refractivity contribution < 1.29 is 9.59 Å². The Bertz CT molecular complexity index is 337. The first-order valence-corrected chi connectivity index (χ1v) is 6.27. The van der Waals surface area contributed by atoms with E-state index >= 15 is 0 Å².